The minimum atomic E-state index is -2.04. The molecule has 5 unspecified atom stereocenters. The fourth-order valence-electron chi connectivity index (χ4n) is 1.63. The number of methoxy groups -OCH3 is 1. The van der Waals surface area contributed by atoms with Crippen molar-refractivity contribution in [2.24, 2.45) is 0 Å². The first kappa shape index (κ1) is 16.3. The monoisotopic (exact) mass is 280 g/mol. The Kier molecular flexibility index (Phi) is 7.59. The molecule has 9 heteroatoms. The summed E-state index contributed by atoms with van der Waals surface area (Å²) in [7, 11) is 6.56. The molecule has 1 heterocycles. The molecule has 5 atom stereocenters. The quantitative estimate of drug-likeness (QED) is 0.340. The fraction of sp³-hybridized carbons (Fsp3) is 1.00. The Hall–Kier alpha value is 0.215. The van der Waals surface area contributed by atoms with Crippen molar-refractivity contribution in [1.82, 2.24) is 0 Å². The molecule has 2 N–H and O–H groups in total. The highest BCUT2D eigenvalue weighted by Crippen LogP contribution is 2.38. The molecule has 7 nitrogen and oxygen atoms in total. The first-order valence-corrected chi connectivity index (χ1v) is 6.59. The molecule has 1 fully saturated rings. The smallest absolute Gasteiger partial charge is 0.330 e. The second kappa shape index (κ2) is 8.40. The maximum Gasteiger partial charge on any atom is 0.330 e. The molecule has 0 saturated carbocycles. The van der Waals surface area contributed by atoms with Crippen LogP contribution in [0.2, 0.25) is 0 Å². The predicted molar refractivity (Wildman–Crippen MR) is 64.1 cm³/mol. The van der Waals surface area contributed by atoms with Crippen molar-refractivity contribution in [3.8, 4) is 0 Å². The third-order valence-corrected chi connectivity index (χ3v) is 3.23. The van der Waals surface area contributed by atoms with Crippen molar-refractivity contribution in [2.45, 2.75) is 24.3 Å². The molecule has 0 aromatic heterocycles. The van der Waals surface area contributed by atoms with Crippen LogP contribution in [0.4, 0.5) is 0 Å². The fourth-order valence-corrected chi connectivity index (χ4v) is 2.18. The van der Waals surface area contributed by atoms with Crippen molar-refractivity contribution < 1.29 is 33.3 Å². The van der Waals surface area contributed by atoms with Crippen LogP contribution in [0.25, 0.3) is 0 Å². The first-order chi connectivity index (χ1) is 8.63. The van der Waals surface area contributed by atoms with E-state index in [0.717, 1.165) is 0 Å². The summed E-state index contributed by atoms with van der Waals surface area (Å²) in [4.78, 5) is 9.37. The summed E-state index contributed by atoms with van der Waals surface area (Å²) in [5.74, 6) is 0. The van der Waals surface area contributed by atoms with E-state index in [1.54, 1.807) is 7.11 Å². The molecular formula is C9H18BO7P. The molecule has 104 valence electrons. The minimum absolute atomic E-state index is 0.282. The van der Waals surface area contributed by atoms with Gasteiger partial charge in [-0.25, -0.2) is 0 Å². The third-order valence-electron chi connectivity index (χ3n) is 2.49. The van der Waals surface area contributed by atoms with E-state index in [9.17, 15) is 10.00 Å². The van der Waals surface area contributed by atoms with Gasteiger partial charge in [0.05, 0.1) is 19.8 Å². The largest absolute Gasteiger partial charge is 0.394 e. The molecule has 0 aromatic carbocycles. The Bertz CT molecular complexity index is 235. The Morgan fingerprint density at radius 1 is 1.28 bits per heavy atom. The van der Waals surface area contributed by atoms with Gasteiger partial charge in [0.15, 0.2) is 0 Å². The van der Waals surface area contributed by atoms with Crippen LogP contribution in [-0.2, 0) is 23.3 Å². The molecule has 0 spiro atoms. The molecule has 1 aliphatic rings. The van der Waals surface area contributed by atoms with Crippen LogP contribution in [0.1, 0.15) is 0 Å². The Morgan fingerprint density at radius 2 is 2.00 bits per heavy atom. The standard InChI is InChI=1S/C9H18BO7P/c1-13-3-4-15-8-7(17-18(12)14-2)6(5-11)16-9(8)10/h6-9,11-12H,3-5H2,1-2H3. The topological polar surface area (TPSA) is 86.6 Å². The number of hydrogen-bond acceptors (Lipinski definition) is 7. The van der Waals surface area contributed by atoms with Gasteiger partial charge in [0.25, 0.3) is 0 Å². The highest BCUT2D eigenvalue weighted by molar-refractivity contribution is 7.40. The molecule has 1 rings (SSSR count). The lowest BCUT2D eigenvalue weighted by Crippen LogP contribution is -2.38. The summed E-state index contributed by atoms with van der Waals surface area (Å²) in [6, 6.07) is -0.732. The van der Waals surface area contributed by atoms with Gasteiger partial charge in [0, 0.05) is 20.2 Å². The highest BCUT2D eigenvalue weighted by Gasteiger charge is 2.44. The number of rotatable bonds is 8. The number of aliphatic hydroxyl groups is 1. The lowest BCUT2D eigenvalue weighted by Gasteiger charge is -2.24. The molecule has 0 aliphatic carbocycles. The van der Waals surface area contributed by atoms with Gasteiger partial charge in [-0.05, 0) is 0 Å². The van der Waals surface area contributed by atoms with E-state index >= 15 is 0 Å². The average Bonchev–Trinajstić information content (AvgIpc) is 2.66. The summed E-state index contributed by atoms with van der Waals surface area (Å²) < 4.78 is 25.5. The predicted octanol–water partition coefficient (Wildman–Crippen LogP) is -0.845. The van der Waals surface area contributed by atoms with E-state index in [2.05, 4.69) is 4.52 Å². The second-order valence-corrected chi connectivity index (χ2v) is 4.69. The van der Waals surface area contributed by atoms with Crippen molar-refractivity contribution in [3.63, 3.8) is 0 Å². The van der Waals surface area contributed by atoms with Crippen LogP contribution in [-0.4, -0.2) is 76.2 Å². The van der Waals surface area contributed by atoms with Crippen LogP contribution in [0.15, 0.2) is 0 Å². The van der Waals surface area contributed by atoms with Crippen LogP contribution >= 0.6 is 8.60 Å². The first-order valence-electron chi connectivity index (χ1n) is 5.46. The van der Waals surface area contributed by atoms with Gasteiger partial charge < -0.3 is 33.3 Å². The summed E-state index contributed by atoms with van der Waals surface area (Å²) in [5, 5.41) is 9.17. The van der Waals surface area contributed by atoms with Crippen LogP contribution < -0.4 is 0 Å². The summed E-state index contributed by atoms with van der Waals surface area (Å²) in [6.45, 7) is 0.430. The maximum atomic E-state index is 9.37. The molecule has 0 bridgehead atoms. The minimum Gasteiger partial charge on any atom is -0.394 e. The zero-order chi connectivity index (χ0) is 13.5. The molecule has 2 radical (unpaired) electrons. The van der Waals surface area contributed by atoms with Crippen LogP contribution in [0, 0.1) is 0 Å². The van der Waals surface area contributed by atoms with Gasteiger partial charge in [-0.15, -0.1) is 0 Å². The van der Waals surface area contributed by atoms with Gasteiger partial charge >= 0.3 is 8.60 Å². The summed E-state index contributed by atoms with van der Waals surface area (Å²) in [5.41, 5.74) is 0. The Balaban J connectivity index is 2.57. The van der Waals surface area contributed by atoms with Crippen molar-refractivity contribution in [2.75, 3.05) is 34.0 Å². The number of hydrogen-bond donors (Lipinski definition) is 2. The third kappa shape index (κ3) is 4.40. The maximum absolute atomic E-state index is 9.37. The van der Waals surface area contributed by atoms with E-state index in [-0.39, 0.29) is 6.61 Å². The Morgan fingerprint density at radius 3 is 2.56 bits per heavy atom. The van der Waals surface area contributed by atoms with Crippen LogP contribution in [0.5, 0.6) is 0 Å². The van der Waals surface area contributed by atoms with Gasteiger partial charge in [-0.2, -0.15) is 0 Å². The van der Waals surface area contributed by atoms with Crippen molar-refractivity contribution in [3.05, 3.63) is 0 Å². The highest BCUT2D eigenvalue weighted by atomic mass is 31.2. The molecule has 0 aromatic rings. The molecule has 1 aliphatic heterocycles. The van der Waals surface area contributed by atoms with Gasteiger partial charge in [-0.3, -0.25) is 0 Å². The lowest BCUT2D eigenvalue weighted by atomic mass is 9.93. The zero-order valence-corrected chi connectivity index (χ0v) is 11.3. The van der Waals surface area contributed by atoms with Crippen LogP contribution in [0.3, 0.4) is 0 Å². The van der Waals surface area contributed by atoms with Gasteiger partial charge in [0.1, 0.15) is 26.2 Å². The molecule has 18 heavy (non-hydrogen) atoms. The van der Waals surface area contributed by atoms with E-state index in [1.807, 2.05) is 0 Å². The molecule has 1 saturated heterocycles. The van der Waals surface area contributed by atoms with Gasteiger partial charge in [-0.1, -0.05) is 0 Å². The number of ether oxygens (including phenoxy) is 3. The van der Waals surface area contributed by atoms with E-state index in [4.69, 9.17) is 26.6 Å². The molecule has 0 amide bonds. The summed E-state index contributed by atoms with van der Waals surface area (Å²) in [6.07, 6.45) is -1.93. The summed E-state index contributed by atoms with van der Waals surface area (Å²) >= 11 is 0. The van der Waals surface area contributed by atoms with Gasteiger partial charge in [0.2, 0.25) is 0 Å². The zero-order valence-electron chi connectivity index (χ0n) is 10.4. The Labute approximate surface area is 109 Å². The van der Waals surface area contributed by atoms with Crippen molar-refractivity contribution >= 4 is 16.4 Å². The second-order valence-electron chi connectivity index (χ2n) is 3.64. The number of aliphatic hydroxyl groups excluding tert-OH is 1. The van der Waals surface area contributed by atoms with Crippen molar-refractivity contribution in [1.29, 1.82) is 0 Å². The molecular weight excluding hydrogens is 262 g/mol. The SMILES string of the molecule is [B]C1OC(CO)C(OP(O)OC)C1OCCOC. The average molecular weight is 280 g/mol. The lowest BCUT2D eigenvalue weighted by molar-refractivity contribution is -0.0357. The normalized spacial score (nSPS) is 33.8. The van der Waals surface area contributed by atoms with E-state index < -0.39 is 32.9 Å². The van der Waals surface area contributed by atoms with E-state index in [0.29, 0.717) is 13.2 Å². The van der Waals surface area contributed by atoms with E-state index in [1.165, 1.54) is 7.11 Å².